The minimum absolute atomic E-state index is 0.338. The van der Waals surface area contributed by atoms with E-state index in [0.29, 0.717) is 32.6 Å². The number of nitrogens with zero attached hydrogens (tertiary/aromatic N) is 3. The molecule has 0 spiro atoms. The Bertz CT molecular complexity index is 903. The number of ether oxygens (including phenoxy) is 1. The van der Waals surface area contributed by atoms with Crippen LogP contribution in [0.15, 0.2) is 40.9 Å². The molecule has 0 aliphatic carbocycles. The number of aliphatic imine (C=N–C) groups is 1. The van der Waals surface area contributed by atoms with Crippen molar-refractivity contribution in [2.24, 2.45) is 4.99 Å². The zero-order chi connectivity index (χ0) is 19.8. The predicted octanol–water partition coefficient (Wildman–Crippen LogP) is 4.57. The highest BCUT2D eigenvalue weighted by Gasteiger charge is 2.18. The van der Waals surface area contributed by atoms with E-state index < -0.39 is 0 Å². The summed E-state index contributed by atoms with van der Waals surface area (Å²) in [5.74, 6) is 0.270. The number of hydrogen-bond donors (Lipinski definition) is 1. The Morgan fingerprint density at radius 2 is 2.19 bits per heavy atom. The summed E-state index contributed by atoms with van der Waals surface area (Å²) in [6.07, 6.45) is 6.15. The van der Waals surface area contributed by atoms with Crippen molar-refractivity contribution in [2.75, 3.05) is 19.5 Å². The van der Waals surface area contributed by atoms with Gasteiger partial charge in [-0.25, -0.2) is 0 Å². The average Bonchev–Trinajstić information content (AvgIpc) is 3.05. The molecule has 2 rings (SSSR count). The van der Waals surface area contributed by atoms with Crippen molar-refractivity contribution in [3.8, 4) is 5.75 Å². The predicted molar refractivity (Wildman–Crippen MR) is 112 cm³/mol. The molecule has 0 atom stereocenters. The number of hydrogen-bond acceptors (Lipinski definition) is 6. The van der Waals surface area contributed by atoms with Gasteiger partial charge in [0.15, 0.2) is 0 Å². The highest BCUT2D eigenvalue weighted by Crippen LogP contribution is 2.32. The third-order valence-corrected chi connectivity index (χ3v) is 4.50. The highest BCUT2D eigenvalue weighted by molar-refractivity contribution is 7.15. The van der Waals surface area contributed by atoms with Crippen LogP contribution in [0.5, 0.6) is 5.75 Å². The molecule has 1 amide bonds. The molecule has 1 heterocycles. The number of benzene rings is 1. The van der Waals surface area contributed by atoms with Crippen molar-refractivity contribution in [3.63, 3.8) is 0 Å². The van der Waals surface area contributed by atoms with Crippen LogP contribution in [0.25, 0.3) is 5.57 Å². The fraction of sp³-hybridized carbons (Fsp3) is 0.263. The number of aromatic nitrogens is 2. The van der Waals surface area contributed by atoms with Gasteiger partial charge in [0, 0.05) is 23.8 Å². The fourth-order valence-corrected chi connectivity index (χ4v) is 3.10. The number of methoxy groups -OCH3 is 1. The Morgan fingerprint density at radius 1 is 1.41 bits per heavy atom. The minimum atomic E-state index is -0.338. The summed E-state index contributed by atoms with van der Waals surface area (Å²) in [7, 11) is 3.18. The van der Waals surface area contributed by atoms with E-state index in [1.54, 1.807) is 32.4 Å². The molecule has 0 unspecified atom stereocenters. The lowest BCUT2D eigenvalue weighted by Gasteiger charge is -2.13. The third-order valence-electron chi connectivity index (χ3n) is 3.51. The number of rotatable bonds is 7. The molecule has 1 aromatic carbocycles. The third kappa shape index (κ3) is 5.48. The zero-order valence-corrected chi connectivity index (χ0v) is 17.2. The van der Waals surface area contributed by atoms with E-state index >= 15 is 0 Å². The maximum atomic E-state index is 12.9. The molecule has 1 N–H and O–H groups in total. The second-order valence-electron chi connectivity index (χ2n) is 5.45. The van der Waals surface area contributed by atoms with E-state index in [4.69, 9.17) is 16.3 Å². The Labute approximate surface area is 167 Å². The van der Waals surface area contributed by atoms with Crippen LogP contribution in [0.3, 0.4) is 0 Å². The molecule has 0 saturated heterocycles. The van der Waals surface area contributed by atoms with Gasteiger partial charge in [-0.15, -0.1) is 10.2 Å². The van der Waals surface area contributed by atoms with Crippen LogP contribution in [0.2, 0.25) is 5.02 Å². The summed E-state index contributed by atoms with van der Waals surface area (Å²) in [4.78, 5) is 17.0. The first kappa shape index (κ1) is 20.8. The maximum Gasteiger partial charge on any atom is 0.259 e. The lowest BCUT2D eigenvalue weighted by Crippen LogP contribution is -2.17. The van der Waals surface area contributed by atoms with E-state index in [1.165, 1.54) is 17.6 Å². The normalized spacial score (nSPS) is 12.5. The molecule has 0 aliphatic rings. The summed E-state index contributed by atoms with van der Waals surface area (Å²) < 4.78 is 5.47. The van der Waals surface area contributed by atoms with E-state index in [-0.39, 0.29) is 5.91 Å². The molecule has 8 heteroatoms. The van der Waals surface area contributed by atoms with Crippen LogP contribution in [0, 0.1) is 6.92 Å². The molecular weight excluding hydrogens is 384 g/mol. The Hall–Kier alpha value is -2.51. The molecule has 0 radical (unpaired) electrons. The maximum absolute atomic E-state index is 12.9. The van der Waals surface area contributed by atoms with Gasteiger partial charge in [0.1, 0.15) is 10.8 Å². The smallest absolute Gasteiger partial charge is 0.259 e. The number of halogens is 1. The second-order valence-corrected chi connectivity index (χ2v) is 7.07. The lowest BCUT2D eigenvalue weighted by molar-refractivity contribution is -0.112. The van der Waals surface area contributed by atoms with Gasteiger partial charge in [-0.05, 0) is 37.1 Å². The van der Waals surface area contributed by atoms with Gasteiger partial charge in [-0.2, -0.15) is 0 Å². The van der Waals surface area contributed by atoms with Crippen molar-refractivity contribution in [1.82, 2.24) is 10.2 Å². The first-order chi connectivity index (χ1) is 13.0. The highest BCUT2D eigenvalue weighted by atomic mass is 35.5. The van der Waals surface area contributed by atoms with Gasteiger partial charge in [0.05, 0.1) is 12.7 Å². The number of nitrogens with one attached hydrogen (secondary N) is 1. The zero-order valence-electron chi connectivity index (χ0n) is 15.6. The number of aryl methyl sites for hydroxylation is 1. The van der Waals surface area contributed by atoms with E-state index in [1.807, 2.05) is 26.0 Å². The minimum Gasteiger partial charge on any atom is -0.496 e. The Morgan fingerprint density at radius 3 is 2.78 bits per heavy atom. The first-order valence-corrected chi connectivity index (χ1v) is 9.47. The van der Waals surface area contributed by atoms with Crippen LogP contribution < -0.4 is 10.1 Å². The van der Waals surface area contributed by atoms with Gasteiger partial charge < -0.3 is 4.74 Å². The molecule has 0 saturated carbocycles. The van der Waals surface area contributed by atoms with Crippen LogP contribution >= 0.6 is 22.9 Å². The van der Waals surface area contributed by atoms with Gasteiger partial charge in [-0.3, -0.25) is 15.1 Å². The molecule has 0 fully saturated rings. The number of amides is 1. The molecule has 1 aromatic heterocycles. The summed E-state index contributed by atoms with van der Waals surface area (Å²) in [6, 6.07) is 5.27. The summed E-state index contributed by atoms with van der Waals surface area (Å²) in [5.41, 5.74) is 1.73. The van der Waals surface area contributed by atoms with Gasteiger partial charge in [0.2, 0.25) is 5.13 Å². The molecule has 6 nitrogen and oxygen atoms in total. The van der Waals surface area contributed by atoms with Crippen LogP contribution in [-0.2, 0) is 4.79 Å². The van der Waals surface area contributed by atoms with Crippen molar-refractivity contribution in [2.45, 2.75) is 20.3 Å². The molecular formula is C19H21ClN4O2S. The number of allylic oxidation sites excluding steroid dienone is 3. The van der Waals surface area contributed by atoms with Crippen LogP contribution in [0.4, 0.5) is 5.13 Å². The lowest BCUT2D eigenvalue weighted by atomic mass is 9.97. The van der Waals surface area contributed by atoms with Gasteiger partial charge >= 0.3 is 0 Å². The summed E-state index contributed by atoms with van der Waals surface area (Å²) in [5, 5.41) is 12.4. The van der Waals surface area contributed by atoms with E-state index in [0.717, 1.165) is 11.4 Å². The number of carbonyl (C=O) groups excluding carboxylic acids is 1. The Kier molecular flexibility index (Phi) is 7.69. The quantitative estimate of drug-likeness (QED) is 0.416. The SMILES string of the molecule is CC/C=C/C(=C(\C=NC)C(=O)Nc1nnc(C)s1)c1cc(Cl)ccc1OC. The van der Waals surface area contributed by atoms with Crippen molar-refractivity contribution < 1.29 is 9.53 Å². The largest absolute Gasteiger partial charge is 0.496 e. The Balaban J connectivity index is 2.62. The van der Waals surface area contributed by atoms with Crippen molar-refractivity contribution in [3.05, 3.63) is 51.5 Å². The van der Waals surface area contributed by atoms with E-state index in [9.17, 15) is 4.79 Å². The molecule has 2 aromatic rings. The van der Waals surface area contributed by atoms with E-state index in [2.05, 4.69) is 20.5 Å². The monoisotopic (exact) mass is 404 g/mol. The standard InChI is InChI=1S/C19H21ClN4O2S/c1-5-6-7-14(15-10-13(20)8-9-17(15)26-4)16(11-21-3)18(25)22-19-24-23-12(2)27-19/h6-11H,5H2,1-4H3,(H,22,24,25)/b7-6+,16-14-,21-11?. The van der Waals surface area contributed by atoms with Gasteiger partial charge in [-0.1, -0.05) is 42.0 Å². The van der Waals surface area contributed by atoms with Crippen LogP contribution in [0.1, 0.15) is 23.9 Å². The van der Waals surface area contributed by atoms with Gasteiger partial charge in [0.25, 0.3) is 5.91 Å². The summed E-state index contributed by atoms with van der Waals surface area (Å²) in [6.45, 7) is 3.84. The number of carbonyl (C=O) groups is 1. The molecule has 0 bridgehead atoms. The summed E-state index contributed by atoms with van der Waals surface area (Å²) >= 11 is 7.49. The molecule has 142 valence electrons. The first-order valence-electron chi connectivity index (χ1n) is 8.28. The molecule has 0 aliphatic heterocycles. The fourth-order valence-electron chi connectivity index (χ4n) is 2.34. The molecule has 27 heavy (non-hydrogen) atoms. The van der Waals surface area contributed by atoms with Crippen molar-refractivity contribution >= 4 is 45.8 Å². The average molecular weight is 405 g/mol. The topological polar surface area (TPSA) is 76.5 Å². The van der Waals surface area contributed by atoms with Crippen LogP contribution in [-0.4, -0.2) is 36.5 Å². The second kappa shape index (κ2) is 9.99. The number of anilines is 1. The van der Waals surface area contributed by atoms with Crippen molar-refractivity contribution in [1.29, 1.82) is 0 Å².